The zero-order valence-corrected chi connectivity index (χ0v) is 19.9. The lowest BCUT2D eigenvalue weighted by molar-refractivity contribution is -0.138. The van der Waals surface area contributed by atoms with E-state index in [1.54, 1.807) is 0 Å². The van der Waals surface area contributed by atoms with E-state index >= 15 is 0 Å². The van der Waals surface area contributed by atoms with Crippen LogP contribution >= 0.6 is 0 Å². The number of fused-ring (bicyclic) bond motifs is 1. The highest BCUT2D eigenvalue weighted by molar-refractivity contribution is 5.81. The quantitative estimate of drug-likeness (QED) is 0.561. The molecule has 5 rings (SSSR count). The van der Waals surface area contributed by atoms with Crippen molar-refractivity contribution in [1.82, 2.24) is 9.80 Å². The van der Waals surface area contributed by atoms with Crippen molar-refractivity contribution >= 4 is 5.91 Å². The van der Waals surface area contributed by atoms with Crippen LogP contribution < -0.4 is 14.2 Å². The van der Waals surface area contributed by atoms with Gasteiger partial charge in [0.05, 0.1) is 6.10 Å². The lowest BCUT2D eigenvalue weighted by atomic mass is 10.1. The Morgan fingerprint density at radius 3 is 2.76 bits per heavy atom. The Morgan fingerprint density at radius 2 is 1.97 bits per heavy atom. The first-order chi connectivity index (χ1) is 16.6. The van der Waals surface area contributed by atoms with Gasteiger partial charge in [-0.05, 0) is 68.0 Å². The molecule has 2 unspecified atom stereocenters. The van der Waals surface area contributed by atoms with Crippen LogP contribution in [0.3, 0.4) is 0 Å². The maximum absolute atomic E-state index is 13.5. The number of rotatable bonds is 9. The van der Waals surface area contributed by atoms with Gasteiger partial charge < -0.3 is 23.8 Å². The third-order valence-corrected chi connectivity index (χ3v) is 6.71. The molecule has 182 valence electrons. The number of nitrogens with zero attached hydrogens (tertiary/aromatic N) is 2. The third kappa shape index (κ3) is 5.65. The van der Waals surface area contributed by atoms with Gasteiger partial charge in [-0.15, -0.1) is 0 Å². The SMILES string of the molecule is Cc1cccc(OC(CN(Cc2ccc3c(c2)OCO3)CC2CCCO2)C(=O)N2CCCC2)c1. The Balaban J connectivity index is 1.36. The van der Waals surface area contributed by atoms with E-state index in [0.717, 1.165) is 80.3 Å². The molecule has 1 amide bonds. The van der Waals surface area contributed by atoms with E-state index in [9.17, 15) is 4.79 Å². The van der Waals surface area contributed by atoms with Gasteiger partial charge in [-0.25, -0.2) is 0 Å². The van der Waals surface area contributed by atoms with Crippen molar-refractivity contribution in [3.05, 3.63) is 53.6 Å². The Labute approximate surface area is 201 Å². The standard InChI is InChI=1S/C27H34N2O5/c1-20-6-4-7-22(14-20)34-26(27(30)29-11-2-3-12-29)18-28(17-23-8-5-13-31-23)16-21-9-10-24-25(15-21)33-19-32-24/h4,6-7,9-10,14-15,23,26H,2-3,5,8,11-13,16-19H2,1H3. The second kappa shape index (κ2) is 10.7. The Kier molecular flexibility index (Phi) is 7.21. The van der Waals surface area contributed by atoms with Gasteiger partial charge >= 0.3 is 0 Å². The second-order valence-corrected chi connectivity index (χ2v) is 9.47. The van der Waals surface area contributed by atoms with Crippen molar-refractivity contribution in [3.8, 4) is 17.2 Å². The molecule has 0 bridgehead atoms. The summed E-state index contributed by atoms with van der Waals surface area (Å²) in [5.74, 6) is 2.36. The zero-order valence-electron chi connectivity index (χ0n) is 19.9. The number of hydrogen-bond donors (Lipinski definition) is 0. The Morgan fingerprint density at radius 1 is 1.12 bits per heavy atom. The summed E-state index contributed by atoms with van der Waals surface area (Å²) in [5, 5.41) is 0. The van der Waals surface area contributed by atoms with Gasteiger partial charge in [-0.1, -0.05) is 18.2 Å². The minimum absolute atomic E-state index is 0.0713. The van der Waals surface area contributed by atoms with Gasteiger partial charge in [0.25, 0.3) is 5.91 Å². The van der Waals surface area contributed by atoms with Crippen LogP contribution in [-0.4, -0.2) is 67.5 Å². The first kappa shape index (κ1) is 23.0. The molecule has 2 atom stereocenters. The van der Waals surface area contributed by atoms with E-state index in [2.05, 4.69) is 11.0 Å². The summed E-state index contributed by atoms with van der Waals surface area (Å²) in [6.45, 7) is 6.65. The largest absolute Gasteiger partial charge is 0.479 e. The highest BCUT2D eigenvalue weighted by Gasteiger charge is 2.31. The fourth-order valence-electron chi connectivity index (χ4n) is 4.97. The summed E-state index contributed by atoms with van der Waals surface area (Å²) in [7, 11) is 0. The lowest BCUT2D eigenvalue weighted by Gasteiger charge is -2.31. The molecule has 2 aromatic carbocycles. The number of carbonyl (C=O) groups is 1. The normalized spacial score (nSPS) is 20.2. The van der Waals surface area contributed by atoms with E-state index in [4.69, 9.17) is 18.9 Å². The minimum Gasteiger partial charge on any atom is -0.479 e. The van der Waals surface area contributed by atoms with Gasteiger partial charge in [0.1, 0.15) is 5.75 Å². The topological polar surface area (TPSA) is 60.5 Å². The first-order valence-corrected chi connectivity index (χ1v) is 12.4. The van der Waals surface area contributed by atoms with Gasteiger partial charge in [0.2, 0.25) is 6.79 Å². The van der Waals surface area contributed by atoms with Crippen molar-refractivity contribution < 1.29 is 23.7 Å². The van der Waals surface area contributed by atoms with E-state index < -0.39 is 6.10 Å². The molecule has 7 nitrogen and oxygen atoms in total. The number of likely N-dealkylation sites (tertiary alicyclic amines) is 1. The van der Waals surface area contributed by atoms with E-state index in [1.165, 1.54) is 0 Å². The summed E-state index contributed by atoms with van der Waals surface area (Å²) in [4.78, 5) is 17.8. The van der Waals surface area contributed by atoms with Crippen molar-refractivity contribution in [2.75, 3.05) is 39.6 Å². The lowest BCUT2D eigenvalue weighted by Crippen LogP contribution is -2.48. The second-order valence-electron chi connectivity index (χ2n) is 9.47. The maximum atomic E-state index is 13.5. The van der Waals surface area contributed by atoms with Gasteiger partial charge in [-0.2, -0.15) is 0 Å². The third-order valence-electron chi connectivity index (χ3n) is 6.71. The predicted octanol–water partition coefficient (Wildman–Crippen LogP) is 3.77. The average molecular weight is 467 g/mol. The molecule has 0 spiro atoms. The molecule has 2 saturated heterocycles. The van der Waals surface area contributed by atoms with Crippen molar-refractivity contribution in [1.29, 1.82) is 0 Å². The Bertz CT molecular complexity index is 985. The Hall–Kier alpha value is -2.77. The minimum atomic E-state index is -0.574. The molecule has 3 heterocycles. The van der Waals surface area contributed by atoms with Crippen molar-refractivity contribution in [2.24, 2.45) is 0 Å². The molecule has 0 radical (unpaired) electrons. The highest BCUT2D eigenvalue weighted by atomic mass is 16.7. The smallest absolute Gasteiger partial charge is 0.265 e. The zero-order chi connectivity index (χ0) is 23.3. The fourth-order valence-corrected chi connectivity index (χ4v) is 4.97. The van der Waals surface area contributed by atoms with Crippen LogP contribution in [0.1, 0.15) is 36.8 Å². The van der Waals surface area contributed by atoms with Gasteiger partial charge in [0, 0.05) is 39.3 Å². The molecule has 0 saturated carbocycles. The highest BCUT2D eigenvalue weighted by Crippen LogP contribution is 2.33. The van der Waals surface area contributed by atoms with E-state index in [-0.39, 0.29) is 18.8 Å². The van der Waals surface area contributed by atoms with Crippen LogP contribution in [0.25, 0.3) is 0 Å². The molecule has 3 aliphatic heterocycles. The number of carbonyl (C=O) groups excluding carboxylic acids is 1. The first-order valence-electron chi connectivity index (χ1n) is 12.4. The van der Waals surface area contributed by atoms with Crippen LogP contribution in [0.2, 0.25) is 0 Å². The summed E-state index contributed by atoms with van der Waals surface area (Å²) >= 11 is 0. The van der Waals surface area contributed by atoms with Crippen LogP contribution in [0, 0.1) is 6.92 Å². The van der Waals surface area contributed by atoms with E-state index in [0.29, 0.717) is 13.1 Å². The predicted molar refractivity (Wildman–Crippen MR) is 128 cm³/mol. The number of amides is 1. The summed E-state index contributed by atoms with van der Waals surface area (Å²) < 4.78 is 23.4. The molecule has 3 aliphatic rings. The van der Waals surface area contributed by atoms with Crippen LogP contribution in [-0.2, 0) is 16.1 Å². The molecular formula is C27H34N2O5. The van der Waals surface area contributed by atoms with Crippen LogP contribution in [0.4, 0.5) is 0 Å². The molecule has 0 N–H and O–H groups in total. The average Bonchev–Trinajstić information content (AvgIpc) is 3.60. The molecule has 0 aromatic heterocycles. The maximum Gasteiger partial charge on any atom is 0.265 e. The molecule has 34 heavy (non-hydrogen) atoms. The summed E-state index contributed by atoms with van der Waals surface area (Å²) in [6, 6.07) is 14.0. The van der Waals surface area contributed by atoms with E-state index in [1.807, 2.05) is 48.2 Å². The van der Waals surface area contributed by atoms with Gasteiger partial charge in [-0.3, -0.25) is 9.69 Å². The number of hydrogen-bond acceptors (Lipinski definition) is 6. The number of benzene rings is 2. The molecular weight excluding hydrogens is 432 g/mol. The molecule has 0 aliphatic carbocycles. The summed E-state index contributed by atoms with van der Waals surface area (Å²) in [5.41, 5.74) is 2.23. The van der Waals surface area contributed by atoms with Crippen molar-refractivity contribution in [2.45, 2.75) is 51.4 Å². The number of ether oxygens (including phenoxy) is 4. The molecule has 2 fully saturated rings. The molecule has 7 heteroatoms. The van der Waals surface area contributed by atoms with Crippen molar-refractivity contribution in [3.63, 3.8) is 0 Å². The fraction of sp³-hybridized carbons (Fsp3) is 0.519. The number of aryl methyl sites for hydroxylation is 1. The van der Waals surface area contributed by atoms with Crippen LogP contribution in [0.5, 0.6) is 17.2 Å². The monoisotopic (exact) mass is 466 g/mol. The van der Waals surface area contributed by atoms with Gasteiger partial charge in [0.15, 0.2) is 17.6 Å². The molecule has 2 aromatic rings. The summed E-state index contributed by atoms with van der Waals surface area (Å²) in [6.07, 6.45) is 3.84. The van der Waals surface area contributed by atoms with Crippen LogP contribution in [0.15, 0.2) is 42.5 Å².